The smallest absolute Gasteiger partial charge is 0.183 e. The van der Waals surface area contributed by atoms with Crippen molar-refractivity contribution in [3.63, 3.8) is 0 Å². The number of rotatable bonds is 8. The van der Waals surface area contributed by atoms with E-state index in [1.54, 1.807) is 6.20 Å². The Morgan fingerprint density at radius 2 is 1.83 bits per heavy atom. The second-order valence-electron chi connectivity index (χ2n) is 5.89. The molecule has 0 bridgehead atoms. The number of aryl methyl sites for hydroxylation is 1. The van der Waals surface area contributed by atoms with Crippen molar-refractivity contribution in [3.05, 3.63) is 35.3 Å². The van der Waals surface area contributed by atoms with Crippen LogP contribution in [-0.4, -0.2) is 0 Å². The van der Waals surface area contributed by atoms with Crippen molar-refractivity contribution in [2.45, 2.75) is 59.3 Å². The fourth-order valence-corrected chi connectivity index (χ4v) is 2.32. The Morgan fingerprint density at radius 3 is 2.50 bits per heavy atom. The van der Waals surface area contributed by atoms with Crippen LogP contribution < -0.4 is 4.73 Å². The summed E-state index contributed by atoms with van der Waals surface area (Å²) in [5.74, 6) is 1.64. The van der Waals surface area contributed by atoms with Crippen LogP contribution in [0.5, 0.6) is 0 Å². The van der Waals surface area contributed by atoms with E-state index in [-0.39, 0.29) is 0 Å². The van der Waals surface area contributed by atoms with Crippen LogP contribution in [0.25, 0.3) is 0 Å². The highest BCUT2D eigenvalue weighted by molar-refractivity contribution is 5.05. The molecule has 0 N–H and O–H groups in total. The SMILES string of the molecule is CC(C)CCCC(C)CCCc1ccc[n+]([O-])c1. The molecule has 0 aliphatic heterocycles. The molecule has 1 aromatic heterocycles. The van der Waals surface area contributed by atoms with Gasteiger partial charge in [-0.25, -0.2) is 0 Å². The first-order valence-corrected chi connectivity index (χ1v) is 7.25. The summed E-state index contributed by atoms with van der Waals surface area (Å²) in [6.07, 6.45) is 10.7. The largest absolute Gasteiger partial charge is 0.619 e. The first-order chi connectivity index (χ1) is 8.58. The van der Waals surface area contributed by atoms with E-state index in [0.717, 1.165) is 28.6 Å². The molecule has 1 heterocycles. The van der Waals surface area contributed by atoms with Crippen LogP contribution in [0, 0.1) is 17.0 Å². The molecule has 0 aliphatic rings. The van der Waals surface area contributed by atoms with Crippen molar-refractivity contribution < 1.29 is 4.73 Å². The van der Waals surface area contributed by atoms with Crippen LogP contribution in [-0.2, 0) is 6.42 Å². The number of pyridine rings is 1. The van der Waals surface area contributed by atoms with Gasteiger partial charge in [0.2, 0.25) is 0 Å². The molecular formula is C16H27NO. The van der Waals surface area contributed by atoms with Gasteiger partial charge in [-0.3, -0.25) is 0 Å². The van der Waals surface area contributed by atoms with Crippen molar-refractivity contribution in [2.24, 2.45) is 11.8 Å². The molecule has 0 radical (unpaired) electrons. The van der Waals surface area contributed by atoms with Gasteiger partial charge in [0.15, 0.2) is 12.4 Å². The summed E-state index contributed by atoms with van der Waals surface area (Å²) < 4.78 is 0.890. The van der Waals surface area contributed by atoms with Crippen molar-refractivity contribution >= 4 is 0 Å². The minimum absolute atomic E-state index is 0.812. The molecule has 0 spiro atoms. The van der Waals surface area contributed by atoms with Crippen LogP contribution in [0.4, 0.5) is 0 Å². The number of hydrogen-bond donors (Lipinski definition) is 0. The molecule has 1 atom stereocenters. The lowest BCUT2D eigenvalue weighted by Gasteiger charge is -2.12. The summed E-state index contributed by atoms with van der Waals surface area (Å²) in [6.45, 7) is 6.93. The van der Waals surface area contributed by atoms with Gasteiger partial charge in [-0.15, -0.1) is 0 Å². The Morgan fingerprint density at radius 1 is 1.11 bits per heavy atom. The molecule has 1 aromatic rings. The Balaban J connectivity index is 2.13. The highest BCUT2D eigenvalue weighted by Gasteiger charge is 2.04. The molecule has 0 saturated heterocycles. The van der Waals surface area contributed by atoms with Crippen LogP contribution in [0.1, 0.15) is 58.4 Å². The Bertz CT molecular complexity index is 336. The predicted octanol–water partition coefficient (Wildman–Crippen LogP) is 4.11. The van der Waals surface area contributed by atoms with Crippen molar-refractivity contribution in [1.29, 1.82) is 0 Å². The molecule has 18 heavy (non-hydrogen) atoms. The van der Waals surface area contributed by atoms with E-state index in [1.807, 2.05) is 12.1 Å². The zero-order valence-electron chi connectivity index (χ0n) is 12.1. The van der Waals surface area contributed by atoms with Gasteiger partial charge in [-0.2, -0.15) is 4.73 Å². The monoisotopic (exact) mass is 249 g/mol. The second kappa shape index (κ2) is 8.12. The fraction of sp³-hybridized carbons (Fsp3) is 0.688. The zero-order valence-corrected chi connectivity index (χ0v) is 12.1. The predicted molar refractivity (Wildman–Crippen MR) is 76.2 cm³/mol. The van der Waals surface area contributed by atoms with E-state index in [0.29, 0.717) is 0 Å². The molecule has 1 unspecified atom stereocenters. The highest BCUT2D eigenvalue weighted by Crippen LogP contribution is 2.17. The van der Waals surface area contributed by atoms with Gasteiger partial charge in [0, 0.05) is 11.6 Å². The third kappa shape index (κ3) is 6.63. The van der Waals surface area contributed by atoms with Gasteiger partial charge >= 0.3 is 0 Å². The van der Waals surface area contributed by atoms with Gasteiger partial charge in [0.25, 0.3) is 0 Å². The number of hydrogen-bond acceptors (Lipinski definition) is 1. The molecule has 0 aromatic carbocycles. The molecule has 0 amide bonds. The quantitative estimate of drug-likeness (QED) is 0.503. The summed E-state index contributed by atoms with van der Waals surface area (Å²) in [4.78, 5) is 0. The lowest BCUT2D eigenvalue weighted by molar-refractivity contribution is -0.605. The van der Waals surface area contributed by atoms with Crippen molar-refractivity contribution in [1.82, 2.24) is 0 Å². The van der Waals surface area contributed by atoms with Crippen LogP contribution in [0.3, 0.4) is 0 Å². The number of aromatic nitrogens is 1. The molecule has 0 saturated carbocycles. The van der Waals surface area contributed by atoms with E-state index in [9.17, 15) is 5.21 Å². The lowest BCUT2D eigenvalue weighted by atomic mass is 9.95. The molecule has 102 valence electrons. The molecule has 2 heteroatoms. The Labute approximate surface area is 112 Å². The first kappa shape index (κ1) is 15.0. The molecule has 2 nitrogen and oxygen atoms in total. The van der Waals surface area contributed by atoms with Crippen molar-refractivity contribution in [2.75, 3.05) is 0 Å². The maximum absolute atomic E-state index is 11.1. The van der Waals surface area contributed by atoms with Crippen LogP contribution >= 0.6 is 0 Å². The van der Waals surface area contributed by atoms with E-state index >= 15 is 0 Å². The maximum atomic E-state index is 11.1. The Kier molecular flexibility index (Phi) is 6.77. The van der Waals surface area contributed by atoms with E-state index in [2.05, 4.69) is 20.8 Å². The topological polar surface area (TPSA) is 26.9 Å². The highest BCUT2D eigenvalue weighted by atomic mass is 16.5. The van der Waals surface area contributed by atoms with Gasteiger partial charge in [0.05, 0.1) is 0 Å². The maximum Gasteiger partial charge on any atom is 0.183 e. The summed E-state index contributed by atoms with van der Waals surface area (Å²) in [5, 5.41) is 11.1. The lowest BCUT2D eigenvalue weighted by Crippen LogP contribution is -2.24. The Hall–Kier alpha value is -1.05. The fourth-order valence-electron chi connectivity index (χ4n) is 2.32. The summed E-state index contributed by atoms with van der Waals surface area (Å²) in [6, 6.07) is 3.87. The van der Waals surface area contributed by atoms with Crippen molar-refractivity contribution in [3.8, 4) is 0 Å². The number of nitrogens with zero attached hydrogens (tertiary/aromatic N) is 1. The average Bonchev–Trinajstić information content (AvgIpc) is 2.28. The standard InChI is InChI=1S/C16H27NO/c1-14(2)7-4-8-15(3)9-5-10-16-11-6-12-17(18)13-16/h6,11-15H,4-5,7-10H2,1-3H3. The minimum atomic E-state index is 0.812. The summed E-state index contributed by atoms with van der Waals surface area (Å²) >= 11 is 0. The van der Waals surface area contributed by atoms with E-state index in [1.165, 1.54) is 38.3 Å². The van der Waals surface area contributed by atoms with Crippen LogP contribution in [0.2, 0.25) is 0 Å². The normalized spacial score (nSPS) is 12.9. The molecule has 0 aliphatic carbocycles. The van der Waals surface area contributed by atoms with E-state index in [4.69, 9.17) is 0 Å². The van der Waals surface area contributed by atoms with Crippen LogP contribution in [0.15, 0.2) is 24.5 Å². The molecular weight excluding hydrogens is 222 g/mol. The molecule has 0 fully saturated rings. The van der Waals surface area contributed by atoms with Gasteiger partial charge in [0.1, 0.15) is 0 Å². The average molecular weight is 249 g/mol. The van der Waals surface area contributed by atoms with Gasteiger partial charge < -0.3 is 5.21 Å². The zero-order chi connectivity index (χ0) is 13.4. The summed E-state index contributed by atoms with van der Waals surface area (Å²) in [7, 11) is 0. The first-order valence-electron chi connectivity index (χ1n) is 7.25. The minimum Gasteiger partial charge on any atom is -0.619 e. The molecule has 1 rings (SSSR count). The third-order valence-corrected chi connectivity index (χ3v) is 3.48. The summed E-state index contributed by atoms with van der Waals surface area (Å²) in [5.41, 5.74) is 1.15. The van der Waals surface area contributed by atoms with Gasteiger partial charge in [-0.05, 0) is 30.7 Å². The van der Waals surface area contributed by atoms with E-state index < -0.39 is 0 Å². The van der Waals surface area contributed by atoms with Gasteiger partial charge in [-0.1, -0.05) is 46.5 Å². The third-order valence-electron chi connectivity index (χ3n) is 3.48. The second-order valence-corrected chi connectivity index (χ2v) is 5.89.